The number of benzene rings is 2. The predicted molar refractivity (Wildman–Crippen MR) is 113 cm³/mol. The first-order valence-electron chi connectivity index (χ1n) is 9.17. The van der Waals surface area contributed by atoms with E-state index in [2.05, 4.69) is 46.0 Å². The van der Waals surface area contributed by atoms with Crippen molar-refractivity contribution < 1.29 is 4.79 Å². The standard InChI is InChI=1S/C21H25N5OS/c1-12-7-13(2)11-18(10-12)26-21(23-24-25-26)28-17(6)20(27)22-19-15(4)8-14(3)9-16(19)5/h7-11,17H,1-6H3,(H,22,27)/t17-/m1/s1. The first-order valence-corrected chi connectivity index (χ1v) is 10.0. The van der Waals surface area contributed by atoms with Gasteiger partial charge in [-0.05, 0) is 86.4 Å². The van der Waals surface area contributed by atoms with Gasteiger partial charge in [-0.25, -0.2) is 0 Å². The molecule has 28 heavy (non-hydrogen) atoms. The normalized spacial score (nSPS) is 12.1. The van der Waals surface area contributed by atoms with E-state index in [-0.39, 0.29) is 11.2 Å². The molecule has 0 aliphatic heterocycles. The third-order valence-corrected chi connectivity index (χ3v) is 5.50. The zero-order chi connectivity index (χ0) is 20.4. The number of nitrogens with zero attached hydrogens (tertiary/aromatic N) is 4. The van der Waals surface area contributed by atoms with Crippen LogP contribution in [-0.4, -0.2) is 31.4 Å². The highest BCUT2D eigenvalue weighted by atomic mass is 32.2. The van der Waals surface area contributed by atoms with Crippen LogP contribution in [0.4, 0.5) is 5.69 Å². The van der Waals surface area contributed by atoms with E-state index in [9.17, 15) is 4.79 Å². The van der Waals surface area contributed by atoms with Crippen molar-refractivity contribution in [2.45, 2.75) is 51.9 Å². The lowest BCUT2D eigenvalue weighted by molar-refractivity contribution is -0.115. The van der Waals surface area contributed by atoms with E-state index in [1.807, 2.05) is 46.8 Å². The molecule has 0 saturated heterocycles. The molecule has 1 heterocycles. The van der Waals surface area contributed by atoms with Gasteiger partial charge >= 0.3 is 0 Å². The molecule has 0 aliphatic carbocycles. The summed E-state index contributed by atoms with van der Waals surface area (Å²) in [6.07, 6.45) is 0. The molecule has 0 aliphatic rings. The number of amides is 1. The van der Waals surface area contributed by atoms with Crippen molar-refractivity contribution in [3.8, 4) is 5.69 Å². The van der Waals surface area contributed by atoms with Crippen LogP contribution in [0.25, 0.3) is 5.69 Å². The number of hydrogen-bond donors (Lipinski definition) is 1. The van der Waals surface area contributed by atoms with E-state index in [1.54, 1.807) is 4.68 Å². The summed E-state index contributed by atoms with van der Waals surface area (Å²) in [5.41, 5.74) is 7.34. The van der Waals surface area contributed by atoms with Crippen molar-refractivity contribution in [1.29, 1.82) is 0 Å². The van der Waals surface area contributed by atoms with Crippen molar-refractivity contribution >= 4 is 23.4 Å². The van der Waals surface area contributed by atoms with Crippen LogP contribution in [-0.2, 0) is 4.79 Å². The van der Waals surface area contributed by atoms with E-state index < -0.39 is 0 Å². The SMILES string of the molecule is Cc1cc(C)cc(-n2nnnc2S[C@H](C)C(=O)Nc2c(C)cc(C)cc2C)c1. The predicted octanol–water partition coefficient (Wildman–Crippen LogP) is 4.32. The van der Waals surface area contributed by atoms with Crippen molar-refractivity contribution in [1.82, 2.24) is 20.2 Å². The molecule has 0 unspecified atom stereocenters. The first kappa shape index (κ1) is 20.1. The molecule has 1 aromatic heterocycles. The maximum absolute atomic E-state index is 12.8. The monoisotopic (exact) mass is 395 g/mol. The van der Waals surface area contributed by atoms with E-state index in [0.29, 0.717) is 5.16 Å². The molecule has 6 nitrogen and oxygen atoms in total. The highest BCUT2D eigenvalue weighted by molar-refractivity contribution is 8.00. The van der Waals surface area contributed by atoms with Crippen LogP contribution in [0.2, 0.25) is 0 Å². The minimum Gasteiger partial charge on any atom is -0.325 e. The molecule has 1 amide bonds. The zero-order valence-corrected chi connectivity index (χ0v) is 17.9. The Labute approximate surface area is 169 Å². The van der Waals surface area contributed by atoms with Gasteiger partial charge in [0.1, 0.15) is 0 Å². The zero-order valence-electron chi connectivity index (χ0n) is 17.1. The number of anilines is 1. The number of aromatic nitrogens is 4. The maximum atomic E-state index is 12.8. The maximum Gasteiger partial charge on any atom is 0.237 e. The average Bonchev–Trinajstić information content (AvgIpc) is 3.05. The number of rotatable bonds is 5. The van der Waals surface area contributed by atoms with Crippen LogP contribution in [0, 0.1) is 34.6 Å². The summed E-state index contributed by atoms with van der Waals surface area (Å²) >= 11 is 1.34. The molecular formula is C21H25N5OS. The molecule has 3 rings (SSSR count). The Morgan fingerprint density at radius 1 is 0.964 bits per heavy atom. The van der Waals surface area contributed by atoms with Crippen LogP contribution < -0.4 is 5.32 Å². The summed E-state index contributed by atoms with van der Waals surface area (Å²) in [6.45, 7) is 12.0. The summed E-state index contributed by atoms with van der Waals surface area (Å²) in [5, 5.41) is 15.3. The molecule has 7 heteroatoms. The lowest BCUT2D eigenvalue weighted by Crippen LogP contribution is -2.24. The number of hydrogen-bond acceptors (Lipinski definition) is 5. The van der Waals surface area contributed by atoms with E-state index in [0.717, 1.165) is 33.6 Å². The van der Waals surface area contributed by atoms with E-state index in [4.69, 9.17) is 0 Å². The smallest absolute Gasteiger partial charge is 0.237 e. The Hall–Kier alpha value is -2.67. The van der Waals surface area contributed by atoms with Gasteiger partial charge in [0.2, 0.25) is 11.1 Å². The molecule has 3 aromatic rings. The van der Waals surface area contributed by atoms with Crippen LogP contribution in [0.5, 0.6) is 0 Å². The van der Waals surface area contributed by atoms with Gasteiger partial charge in [-0.1, -0.05) is 35.5 Å². The van der Waals surface area contributed by atoms with Gasteiger partial charge in [0.05, 0.1) is 10.9 Å². The van der Waals surface area contributed by atoms with Crippen LogP contribution in [0.1, 0.15) is 34.7 Å². The van der Waals surface area contributed by atoms with Crippen LogP contribution in [0.3, 0.4) is 0 Å². The van der Waals surface area contributed by atoms with Crippen molar-refractivity contribution in [3.63, 3.8) is 0 Å². The van der Waals surface area contributed by atoms with Gasteiger partial charge in [-0.3, -0.25) is 4.79 Å². The summed E-state index contributed by atoms with van der Waals surface area (Å²) < 4.78 is 1.68. The number of carbonyl (C=O) groups is 1. The number of aryl methyl sites for hydroxylation is 5. The van der Waals surface area contributed by atoms with Gasteiger partial charge in [0.15, 0.2) is 0 Å². The second-order valence-electron chi connectivity index (χ2n) is 7.24. The number of thioether (sulfide) groups is 1. The van der Waals surface area contributed by atoms with E-state index in [1.165, 1.54) is 17.3 Å². The van der Waals surface area contributed by atoms with Crippen LogP contribution in [0.15, 0.2) is 35.5 Å². The van der Waals surface area contributed by atoms with Gasteiger partial charge in [-0.2, -0.15) is 4.68 Å². The molecule has 2 aromatic carbocycles. The third kappa shape index (κ3) is 4.42. The summed E-state index contributed by atoms with van der Waals surface area (Å²) in [6, 6.07) is 10.3. The summed E-state index contributed by atoms with van der Waals surface area (Å²) in [4.78, 5) is 12.8. The Balaban J connectivity index is 1.78. The fourth-order valence-electron chi connectivity index (χ4n) is 3.30. The Kier molecular flexibility index (Phi) is 5.84. The minimum atomic E-state index is -0.351. The molecule has 0 fully saturated rings. The third-order valence-electron chi connectivity index (χ3n) is 4.47. The summed E-state index contributed by atoms with van der Waals surface area (Å²) in [5.74, 6) is -0.0741. The molecule has 0 radical (unpaired) electrons. The Morgan fingerprint density at radius 2 is 1.54 bits per heavy atom. The van der Waals surface area contributed by atoms with Gasteiger partial charge < -0.3 is 5.32 Å². The molecule has 0 bridgehead atoms. The number of tetrazole rings is 1. The molecule has 1 N–H and O–H groups in total. The Bertz CT molecular complexity index is 984. The average molecular weight is 396 g/mol. The molecule has 1 atom stereocenters. The topological polar surface area (TPSA) is 72.7 Å². The molecule has 0 saturated carbocycles. The molecule has 146 valence electrons. The Morgan fingerprint density at radius 3 is 2.14 bits per heavy atom. The van der Waals surface area contributed by atoms with Crippen molar-refractivity contribution in [3.05, 3.63) is 58.1 Å². The largest absolute Gasteiger partial charge is 0.325 e. The van der Waals surface area contributed by atoms with Crippen molar-refractivity contribution in [2.75, 3.05) is 5.32 Å². The fourth-order valence-corrected chi connectivity index (χ4v) is 4.11. The lowest BCUT2D eigenvalue weighted by atomic mass is 10.1. The van der Waals surface area contributed by atoms with Crippen LogP contribution >= 0.6 is 11.8 Å². The second kappa shape index (κ2) is 8.14. The van der Waals surface area contributed by atoms with E-state index >= 15 is 0 Å². The highest BCUT2D eigenvalue weighted by Gasteiger charge is 2.20. The molecule has 0 spiro atoms. The number of nitrogens with one attached hydrogen (secondary N) is 1. The van der Waals surface area contributed by atoms with Gasteiger partial charge in [0, 0.05) is 5.69 Å². The minimum absolute atomic E-state index is 0.0741. The summed E-state index contributed by atoms with van der Waals surface area (Å²) in [7, 11) is 0. The first-order chi connectivity index (χ1) is 13.2. The van der Waals surface area contributed by atoms with Gasteiger partial charge in [0.25, 0.3) is 0 Å². The lowest BCUT2D eigenvalue weighted by Gasteiger charge is -2.16. The second-order valence-corrected chi connectivity index (χ2v) is 8.55. The highest BCUT2D eigenvalue weighted by Crippen LogP contribution is 2.27. The fraction of sp³-hybridized carbons (Fsp3) is 0.333. The number of carbonyl (C=O) groups excluding carboxylic acids is 1. The molecular weight excluding hydrogens is 370 g/mol. The quantitative estimate of drug-likeness (QED) is 0.651. The van der Waals surface area contributed by atoms with Gasteiger partial charge in [-0.15, -0.1) is 5.10 Å². The van der Waals surface area contributed by atoms with Crippen molar-refractivity contribution in [2.24, 2.45) is 0 Å².